The Hall–Kier alpha value is -2.31. The van der Waals surface area contributed by atoms with Crippen molar-refractivity contribution in [3.8, 4) is 0 Å². The van der Waals surface area contributed by atoms with Crippen LogP contribution in [0.3, 0.4) is 0 Å². The Kier molecular flexibility index (Phi) is 5.40. The molecular weight excluding hydrogens is 334 g/mol. The van der Waals surface area contributed by atoms with Crippen LogP contribution < -0.4 is 5.73 Å². The minimum atomic E-state index is -0.572. The number of aromatic nitrogens is 2. The zero-order valence-electron chi connectivity index (χ0n) is 14.0. The molecule has 5 nitrogen and oxygen atoms in total. The van der Waals surface area contributed by atoms with Crippen LogP contribution in [0.5, 0.6) is 0 Å². The van der Waals surface area contributed by atoms with E-state index in [-0.39, 0.29) is 11.6 Å². The molecule has 130 valence electrons. The van der Waals surface area contributed by atoms with E-state index in [1.54, 1.807) is 18.7 Å². The van der Waals surface area contributed by atoms with Crippen molar-refractivity contribution >= 4 is 28.4 Å². The normalized spacial score (nSPS) is 13.7. The molecule has 4 N–H and O–H groups in total. The molecule has 6 heteroatoms. The third-order valence-electron chi connectivity index (χ3n) is 4.20. The minimum Gasteiger partial charge on any atom is -0.393 e. The Labute approximate surface area is 150 Å². The van der Waals surface area contributed by atoms with Crippen LogP contribution in [0.4, 0.5) is 0 Å². The molecule has 0 aliphatic rings. The summed E-state index contributed by atoms with van der Waals surface area (Å²) in [5.74, 6) is 0.696. The second kappa shape index (κ2) is 7.72. The maximum absolute atomic E-state index is 11.2. The fourth-order valence-corrected chi connectivity index (χ4v) is 3.80. The lowest BCUT2D eigenvalue weighted by molar-refractivity contribution is 0.0995. The van der Waals surface area contributed by atoms with Crippen molar-refractivity contribution < 1.29 is 9.90 Å². The molecule has 25 heavy (non-hydrogen) atoms. The second-order valence-electron chi connectivity index (χ2n) is 6.03. The fourth-order valence-electron chi connectivity index (χ4n) is 2.82. The predicted molar refractivity (Wildman–Crippen MR) is 101 cm³/mol. The van der Waals surface area contributed by atoms with Crippen molar-refractivity contribution in [2.24, 2.45) is 5.73 Å². The lowest BCUT2D eigenvalue weighted by Gasteiger charge is -2.17. The van der Waals surface area contributed by atoms with E-state index < -0.39 is 12.0 Å². The molecule has 0 saturated carbocycles. The number of benzene rings is 2. The topological polar surface area (TPSA) is 92.0 Å². The Morgan fingerprint density at radius 3 is 2.72 bits per heavy atom. The lowest BCUT2D eigenvalue weighted by Crippen LogP contribution is -2.18. The molecule has 1 amide bonds. The third-order valence-corrected chi connectivity index (χ3v) is 5.23. The molecule has 0 unspecified atom stereocenters. The van der Waals surface area contributed by atoms with Crippen molar-refractivity contribution in [1.82, 2.24) is 9.97 Å². The van der Waals surface area contributed by atoms with E-state index in [0.717, 1.165) is 12.2 Å². The molecule has 0 fully saturated rings. The van der Waals surface area contributed by atoms with Gasteiger partial charge in [-0.15, -0.1) is 11.8 Å². The van der Waals surface area contributed by atoms with Gasteiger partial charge in [0.05, 0.1) is 6.10 Å². The minimum absolute atomic E-state index is 0.166. The summed E-state index contributed by atoms with van der Waals surface area (Å²) in [5.41, 5.74) is 5.43. The first-order chi connectivity index (χ1) is 12.0. The molecule has 2 atom stereocenters. The highest BCUT2D eigenvalue weighted by molar-refractivity contribution is 7.99. The molecule has 0 aliphatic heterocycles. The van der Waals surface area contributed by atoms with E-state index in [9.17, 15) is 9.90 Å². The molecular formula is C19H21N3O2S. The summed E-state index contributed by atoms with van der Waals surface area (Å²) in [6.45, 7) is 1.73. The summed E-state index contributed by atoms with van der Waals surface area (Å²) in [5, 5.41) is 12.5. The number of aliphatic hydroxyl groups excluding tert-OH is 1. The average molecular weight is 355 g/mol. The van der Waals surface area contributed by atoms with Gasteiger partial charge in [0.1, 0.15) is 11.5 Å². The van der Waals surface area contributed by atoms with E-state index >= 15 is 0 Å². The summed E-state index contributed by atoms with van der Waals surface area (Å²) in [6.07, 6.45) is 1.66. The highest BCUT2D eigenvalue weighted by atomic mass is 32.2. The third kappa shape index (κ3) is 4.21. The van der Waals surface area contributed by atoms with Gasteiger partial charge in [-0.1, -0.05) is 30.3 Å². The molecule has 0 radical (unpaired) electrons. The number of nitrogens with two attached hydrogens (primary N) is 1. The lowest BCUT2D eigenvalue weighted by atomic mass is 10.0. The van der Waals surface area contributed by atoms with Crippen molar-refractivity contribution in [3.05, 3.63) is 60.2 Å². The summed E-state index contributed by atoms with van der Waals surface area (Å²) >= 11 is 1.74. The van der Waals surface area contributed by atoms with Gasteiger partial charge in [-0.2, -0.15) is 0 Å². The van der Waals surface area contributed by atoms with Gasteiger partial charge in [-0.25, -0.2) is 4.98 Å². The number of H-pyrrole nitrogens is 1. The number of fused-ring (bicyclic) bond motifs is 1. The second-order valence-corrected chi connectivity index (χ2v) is 7.20. The highest BCUT2D eigenvalue weighted by Crippen LogP contribution is 2.28. The SMILES string of the molecule is C[C@H](O)[C@H](CCSc1ccc2ccccc2c1)c1nc(C(N)=O)c[nH]1. The summed E-state index contributed by atoms with van der Waals surface area (Å²) in [7, 11) is 0. The van der Waals surface area contributed by atoms with E-state index in [1.807, 2.05) is 12.1 Å². The summed E-state index contributed by atoms with van der Waals surface area (Å²) in [6, 6.07) is 14.7. The van der Waals surface area contributed by atoms with Gasteiger partial charge < -0.3 is 15.8 Å². The number of rotatable bonds is 7. The molecule has 0 bridgehead atoms. The molecule has 0 spiro atoms. The van der Waals surface area contributed by atoms with E-state index in [1.165, 1.54) is 21.9 Å². The van der Waals surface area contributed by atoms with Crippen molar-refractivity contribution in [1.29, 1.82) is 0 Å². The van der Waals surface area contributed by atoms with Crippen LogP contribution in [0.1, 0.15) is 35.6 Å². The smallest absolute Gasteiger partial charge is 0.268 e. The number of imidazole rings is 1. The Balaban J connectivity index is 1.65. The van der Waals surface area contributed by atoms with E-state index in [0.29, 0.717) is 5.82 Å². The van der Waals surface area contributed by atoms with Gasteiger partial charge in [-0.05, 0) is 42.0 Å². The Morgan fingerprint density at radius 2 is 2.04 bits per heavy atom. The van der Waals surface area contributed by atoms with Crippen LogP contribution in [-0.4, -0.2) is 32.8 Å². The van der Waals surface area contributed by atoms with Gasteiger partial charge >= 0.3 is 0 Å². The van der Waals surface area contributed by atoms with Gasteiger partial charge in [0, 0.05) is 17.0 Å². The summed E-state index contributed by atoms with van der Waals surface area (Å²) < 4.78 is 0. The van der Waals surface area contributed by atoms with E-state index in [4.69, 9.17) is 5.73 Å². The first-order valence-electron chi connectivity index (χ1n) is 8.19. The number of thioether (sulfide) groups is 1. The molecule has 0 aliphatic carbocycles. The highest BCUT2D eigenvalue weighted by Gasteiger charge is 2.21. The molecule has 0 saturated heterocycles. The number of aromatic amines is 1. The number of nitrogens with zero attached hydrogens (tertiary/aromatic N) is 1. The number of hydrogen-bond donors (Lipinski definition) is 3. The number of hydrogen-bond acceptors (Lipinski definition) is 4. The maximum Gasteiger partial charge on any atom is 0.268 e. The van der Waals surface area contributed by atoms with Gasteiger partial charge in [0.15, 0.2) is 0 Å². The number of amides is 1. The first-order valence-corrected chi connectivity index (χ1v) is 9.18. The number of aliphatic hydroxyl groups is 1. The van der Waals surface area contributed by atoms with Gasteiger partial charge in [0.2, 0.25) is 0 Å². The average Bonchev–Trinajstić information content (AvgIpc) is 3.08. The molecule has 1 heterocycles. The number of primary amides is 1. The van der Waals surface area contributed by atoms with Crippen LogP contribution in [-0.2, 0) is 0 Å². The zero-order valence-corrected chi connectivity index (χ0v) is 14.8. The Morgan fingerprint density at radius 1 is 1.28 bits per heavy atom. The van der Waals surface area contributed by atoms with Crippen LogP contribution in [0.25, 0.3) is 10.8 Å². The zero-order chi connectivity index (χ0) is 17.8. The van der Waals surface area contributed by atoms with Crippen molar-refractivity contribution in [3.63, 3.8) is 0 Å². The number of carbonyl (C=O) groups is 1. The van der Waals surface area contributed by atoms with Gasteiger partial charge in [0.25, 0.3) is 5.91 Å². The van der Waals surface area contributed by atoms with E-state index in [2.05, 4.69) is 40.3 Å². The predicted octanol–water partition coefficient (Wildman–Crippen LogP) is 3.31. The van der Waals surface area contributed by atoms with Crippen LogP contribution in [0.15, 0.2) is 53.6 Å². The monoisotopic (exact) mass is 355 g/mol. The van der Waals surface area contributed by atoms with Crippen LogP contribution in [0.2, 0.25) is 0 Å². The molecule has 2 aromatic carbocycles. The number of carbonyl (C=O) groups excluding carboxylic acids is 1. The molecule has 1 aromatic heterocycles. The quantitative estimate of drug-likeness (QED) is 0.567. The largest absolute Gasteiger partial charge is 0.393 e. The van der Waals surface area contributed by atoms with Crippen LogP contribution >= 0.6 is 11.8 Å². The molecule has 3 rings (SSSR count). The number of nitrogens with one attached hydrogen (secondary N) is 1. The van der Waals surface area contributed by atoms with Gasteiger partial charge in [-0.3, -0.25) is 4.79 Å². The summed E-state index contributed by atoms with van der Waals surface area (Å²) in [4.78, 5) is 19.5. The van der Waals surface area contributed by atoms with Crippen molar-refractivity contribution in [2.75, 3.05) is 5.75 Å². The first kappa shape index (κ1) is 17.5. The van der Waals surface area contributed by atoms with Crippen molar-refractivity contribution in [2.45, 2.75) is 30.3 Å². The molecule has 3 aromatic rings. The maximum atomic E-state index is 11.2. The fraction of sp³-hybridized carbons (Fsp3) is 0.263. The van der Waals surface area contributed by atoms with Crippen LogP contribution in [0, 0.1) is 0 Å². The standard InChI is InChI=1S/C19H21N3O2S/c1-12(23)16(19-21-11-17(22-19)18(20)24)8-9-25-15-7-6-13-4-2-3-5-14(13)10-15/h2-7,10-12,16,23H,8-9H2,1H3,(H2,20,24)(H,21,22)/t12-,16-/m0/s1. The Bertz CT molecular complexity index is 876.